The molecule has 1 fully saturated rings. The Kier molecular flexibility index (Phi) is 5.99. The number of amides is 2. The highest BCUT2D eigenvalue weighted by Gasteiger charge is 2.30. The fraction of sp³-hybridized carbons (Fsp3) is 0.500. The van der Waals surface area contributed by atoms with Gasteiger partial charge in [-0.05, 0) is 51.3 Å². The molecule has 7 heteroatoms. The smallest absolute Gasteiger partial charge is 0.280 e. The Morgan fingerprint density at radius 2 is 2.12 bits per heavy atom. The van der Waals surface area contributed by atoms with Crippen LogP contribution >= 0.6 is 0 Å². The molecule has 0 spiro atoms. The van der Waals surface area contributed by atoms with E-state index in [1.165, 1.54) is 6.08 Å². The number of methoxy groups -OCH3 is 1. The first kappa shape index (κ1) is 18.7. The molecule has 0 aromatic carbocycles. The summed E-state index contributed by atoms with van der Waals surface area (Å²) in [6, 6.07) is 3.96. The molecule has 0 aliphatic heterocycles. The molecule has 0 saturated heterocycles. The molecule has 1 saturated carbocycles. The van der Waals surface area contributed by atoms with E-state index in [0.29, 0.717) is 6.61 Å². The van der Waals surface area contributed by atoms with Gasteiger partial charge in [-0.25, -0.2) is 0 Å². The van der Waals surface area contributed by atoms with Crippen molar-refractivity contribution in [2.75, 3.05) is 13.7 Å². The standard InChI is InChI=1S/C18H24N4O3/c1-11-7-15(13(3)22(11)12(2)10-25-4)8-16(9-19)18(24)21-20-17(23)14-5-6-14/h7-8,12,14H,5-6,10H2,1-4H3,(H,20,23)(H,21,24)/b16-8-. The highest BCUT2D eigenvalue weighted by atomic mass is 16.5. The van der Waals surface area contributed by atoms with Crippen LogP contribution in [-0.2, 0) is 14.3 Å². The van der Waals surface area contributed by atoms with Gasteiger partial charge in [0.2, 0.25) is 5.91 Å². The number of nitrogens with one attached hydrogen (secondary N) is 2. The van der Waals surface area contributed by atoms with Gasteiger partial charge >= 0.3 is 0 Å². The number of nitrogens with zero attached hydrogens (tertiary/aromatic N) is 2. The van der Waals surface area contributed by atoms with E-state index >= 15 is 0 Å². The maximum absolute atomic E-state index is 12.1. The molecule has 2 rings (SSSR count). The third-order valence-corrected chi connectivity index (χ3v) is 4.28. The molecule has 0 bridgehead atoms. The van der Waals surface area contributed by atoms with Crippen molar-refractivity contribution in [3.8, 4) is 6.07 Å². The normalized spacial score (nSPS) is 15.4. The lowest BCUT2D eigenvalue weighted by molar-refractivity contribution is -0.127. The molecular formula is C18H24N4O3. The second kappa shape index (κ2) is 7.99. The number of carbonyl (C=O) groups excluding carboxylic acids is 2. The van der Waals surface area contributed by atoms with Crippen LogP contribution < -0.4 is 10.9 Å². The Morgan fingerprint density at radius 1 is 1.44 bits per heavy atom. The van der Waals surface area contributed by atoms with Crippen molar-refractivity contribution in [2.45, 2.75) is 39.7 Å². The molecule has 1 heterocycles. The molecule has 1 aliphatic carbocycles. The maximum Gasteiger partial charge on any atom is 0.280 e. The van der Waals surface area contributed by atoms with Crippen molar-refractivity contribution in [1.82, 2.24) is 15.4 Å². The Morgan fingerprint density at radius 3 is 2.68 bits per heavy atom. The van der Waals surface area contributed by atoms with Crippen LogP contribution in [0.15, 0.2) is 11.6 Å². The highest BCUT2D eigenvalue weighted by molar-refractivity contribution is 6.02. The fourth-order valence-electron chi connectivity index (χ4n) is 2.88. The van der Waals surface area contributed by atoms with Crippen molar-refractivity contribution in [3.05, 3.63) is 28.6 Å². The van der Waals surface area contributed by atoms with Crippen molar-refractivity contribution < 1.29 is 14.3 Å². The Labute approximate surface area is 147 Å². The molecule has 7 nitrogen and oxygen atoms in total. The van der Waals surface area contributed by atoms with E-state index in [1.807, 2.05) is 32.9 Å². The van der Waals surface area contributed by atoms with Crippen molar-refractivity contribution >= 4 is 17.9 Å². The van der Waals surface area contributed by atoms with Crippen molar-refractivity contribution in [2.24, 2.45) is 5.92 Å². The summed E-state index contributed by atoms with van der Waals surface area (Å²) in [4.78, 5) is 23.7. The van der Waals surface area contributed by atoms with Crippen LogP contribution in [-0.4, -0.2) is 30.1 Å². The Hall–Kier alpha value is -2.59. The number of ether oxygens (including phenoxy) is 1. The number of rotatable bonds is 6. The first-order chi connectivity index (χ1) is 11.9. The van der Waals surface area contributed by atoms with E-state index in [-0.39, 0.29) is 23.4 Å². The van der Waals surface area contributed by atoms with E-state index in [0.717, 1.165) is 29.8 Å². The quantitative estimate of drug-likeness (QED) is 0.467. The predicted octanol–water partition coefficient (Wildman–Crippen LogP) is 1.78. The average Bonchev–Trinajstić information content (AvgIpc) is 3.37. The summed E-state index contributed by atoms with van der Waals surface area (Å²) in [6.45, 7) is 6.52. The molecule has 1 aromatic heterocycles. The molecule has 0 radical (unpaired) electrons. The van der Waals surface area contributed by atoms with Crippen molar-refractivity contribution in [1.29, 1.82) is 5.26 Å². The third kappa shape index (κ3) is 4.48. The largest absolute Gasteiger partial charge is 0.383 e. The van der Waals surface area contributed by atoms with Gasteiger partial charge in [0.05, 0.1) is 12.6 Å². The van der Waals surface area contributed by atoms with Gasteiger partial charge < -0.3 is 9.30 Å². The highest BCUT2D eigenvalue weighted by Crippen LogP contribution is 2.28. The summed E-state index contributed by atoms with van der Waals surface area (Å²) in [5.41, 5.74) is 7.36. The monoisotopic (exact) mass is 344 g/mol. The number of aromatic nitrogens is 1. The maximum atomic E-state index is 12.1. The van der Waals surface area contributed by atoms with Gasteiger partial charge in [0.25, 0.3) is 5.91 Å². The van der Waals surface area contributed by atoms with Gasteiger partial charge in [-0.3, -0.25) is 20.4 Å². The first-order valence-electron chi connectivity index (χ1n) is 8.28. The lowest BCUT2D eigenvalue weighted by atomic mass is 10.1. The summed E-state index contributed by atoms with van der Waals surface area (Å²) in [7, 11) is 1.65. The molecule has 2 N–H and O–H groups in total. The summed E-state index contributed by atoms with van der Waals surface area (Å²) in [5, 5.41) is 9.29. The molecule has 134 valence electrons. The zero-order chi connectivity index (χ0) is 18.6. The minimum Gasteiger partial charge on any atom is -0.383 e. The number of hydrogen-bond donors (Lipinski definition) is 2. The average molecular weight is 344 g/mol. The van der Waals surface area contributed by atoms with Gasteiger partial charge in [0, 0.05) is 24.4 Å². The van der Waals surface area contributed by atoms with Crippen LogP contribution in [0.3, 0.4) is 0 Å². The topological polar surface area (TPSA) is 96.2 Å². The summed E-state index contributed by atoms with van der Waals surface area (Å²) >= 11 is 0. The zero-order valence-electron chi connectivity index (χ0n) is 15.0. The Balaban J connectivity index is 2.15. The minimum absolute atomic E-state index is 0.0176. The molecule has 1 aliphatic rings. The van der Waals surface area contributed by atoms with Gasteiger partial charge in [0.15, 0.2) is 0 Å². The van der Waals surface area contributed by atoms with Crippen molar-refractivity contribution in [3.63, 3.8) is 0 Å². The minimum atomic E-state index is -0.619. The first-order valence-corrected chi connectivity index (χ1v) is 8.28. The molecule has 25 heavy (non-hydrogen) atoms. The van der Waals surface area contributed by atoms with E-state index in [4.69, 9.17) is 4.74 Å². The number of hydrogen-bond acceptors (Lipinski definition) is 4. The second-order valence-electron chi connectivity index (χ2n) is 6.39. The second-order valence-corrected chi connectivity index (χ2v) is 6.39. The third-order valence-electron chi connectivity index (χ3n) is 4.28. The summed E-state index contributed by atoms with van der Waals surface area (Å²) in [5.74, 6) is -0.848. The lowest BCUT2D eigenvalue weighted by Crippen LogP contribution is -2.42. The van der Waals surface area contributed by atoms with Crippen LogP contribution in [0.4, 0.5) is 0 Å². The van der Waals surface area contributed by atoms with E-state index < -0.39 is 5.91 Å². The molecular weight excluding hydrogens is 320 g/mol. The number of hydrazine groups is 1. The van der Waals surface area contributed by atoms with Crippen LogP contribution in [0.25, 0.3) is 6.08 Å². The predicted molar refractivity (Wildman–Crippen MR) is 93.1 cm³/mol. The molecule has 2 amide bonds. The van der Waals surface area contributed by atoms with Crippen LogP contribution in [0.5, 0.6) is 0 Å². The van der Waals surface area contributed by atoms with Gasteiger partial charge in [0.1, 0.15) is 11.6 Å². The van der Waals surface area contributed by atoms with Gasteiger partial charge in [-0.15, -0.1) is 0 Å². The zero-order valence-corrected chi connectivity index (χ0v) is 15.0. The fourth-order valence-corrected chi connectivity index (χ4v) is 2.88. The van der Waals surface area contributed by atoms with Gasteiger partial charge in [-0.2, -0.15) is 5.26 Å². The summed E-state index contributed by atoms with van der Waals surface area (Å²) in [6.07, 6.45) is 3.22. The van der Waals surface area contributed by atoms with E-state index in [1.54, 1.807) is 7.11 Å². The summed E-state index contributed by atoms with van der Waals surface area (Å²) < 4.78 is 7.31. The molecule has 1 aromatic rings. The number of nitriles is 1. The van der Waals surface area contributed by atoms with Crippen LogP contribution in [0, 0.1) is 31.1 Å². The Bertz CT molecular complexity index is 738. The van der Waals surface area contributed by atoms with E-state index in [2.05, 4.69) is 15.4 Å². The lowest BCUT2D eigenvalue weighted by Gasteiger charge is -2.17. The molecule has 1 atom stereocenters. The van der Waals surface area contributed by atoms with Gasteiger partial charge in [-0.1, -0.05) is 0 Å². The number of carbonyl (C=O) groups is 2. The number of aryl methyl sites for hydroxylation is 1. The van der Waals surface area contributed by atoms with E-state index in [9.17, 15) is 14.9 Å². The molecule has 1 unspecified atom stereocenters. The van der Waals surface area contributed by atoms with Crippen LogP contribution in [0.1, 0.15) is 42.8 Å². The van der Waals surface area contributed by atoms with Crippen LogP contribution in [0.2, 0.25) is 0 Å². The SMILES string of the molecule is COCC(C)n1c(C)cc(/C=C(/C#N)C(=O)NNC(=O)C2CC2)c1C.